The molecule has 2 atom stereocenters. The van der Waals surface area contributed by atoms with Gasteiger partial charge in [-0.15, -0.1) is 0 Å². The average molecular weight is 437 g/mol. The van der Waals surface area contributed by atoms with Gasteiger partial charge in [0, 0.05) is 16.7 Å². The summed E-state index contributed by atoms with van der Waals surface area (Å²) in [4.78, 5) is 54.6. The molecule has 1 heterocycles. The highest BCUT2D eigenvalue weighted by Crippen LogP contribution is 2.27. The van der Waals surface area contributed by atoms with Crippen molar-refractivity contribution in [3.8, 4) is 0 Å². The second-order valence-electron chi connectivity index (χ2n) is 7.26. The van der Waals surface area contributed by atoms with Crippen molar-refractivity contribution < 1.29 is 28.7 Å². The van der Waals surface area contributed by atoms with Crippen LogP contribution in [0.2, 0.25) is 0 Å². The Kier molecular flexibility index (Phi) is 6.67. The van der Waals surface area contributed by atoms with Gasteiger partial charge in [0.2, 0.25) is 5.91 Å². The molecule has 0 fully saturated rings. The molecule has 166 valence electrons. The third-order valence-corrected chi connectivity index (χ3v) is 5.37. The number of primary amides is 1. The van der Waals surface area contributed by atoms with E-state index in [9.17, 15) is 19.2 Å². The van der Waals surface area contributed by atoms with Crippen LogP contribution in [-0.4, -0.2) is 49.0 Å². The quantitative estimate of drug-likeness (QED) is 0.325. The Labute approximate surface area is 183 Å². The molecule has 0 radical (unpaired) electrons. The van der Waals surface area contributed by atoms with Crippen molar-refractivity contribution in [2.75, 3.05) is 14.2 Å². The molecular formula is C23H23N3O6. The number of ether oxygens (including phenoxy) is 2. The molecule has 0 aliphatic heterocycles. The lowest BCUT2D eigenvalue weighted by atomic mass is 9.86. The number of hydrogen-bond acceptors (Lipinski definition) is 7. The lowest BCUT2D eigenvalue weighted by Gasteiger charge is -2.27. The minimum absolute atomic E-state index is 0.303. The molecule has 0 saturated heterocycles. The van der Waals surface area contributed by atoms with E-state index in [2.05, 4.69) is 19.8 Å². The fraction of sp³-hybridized carbons (Fsp3) is 0.261. The number of carbonyl (C=O) groups is 4. The van der Waals surface area contributed by atoms with Gasteiger partial charge in [-0.1, -0.05) is 43.3 Å². The number of methoxy groups -OCH3 is 2. The molecule has 9 heteroatoms. The van der Waals surface area contributed by atoms with E-state index in [1.165, 1.54) is 6.92 Å². The van der Waals surface area contributed by atoms with Gasteiger partial charge in [0.05, 0.1) is 30.8 Å². The first-order chi connectivity index (χ1) is 15.3. The van der Waals surface area contributed by atoms with Gasteiger partial charge in [-0.3, -0.25) is 19.2 Å². The monoisotopic (exact) mass is 437 g/mol. The summed E-state index contributed by atoms with van der Waals surface area (Å²) in [6.07, 6.45) is 0. The minimum atomic E-state index is -1.45. The molecule has 0 bridgehead atoms. The Morgan fingerprint density at radius 3 is 1.78 bits per heavy atom. The van der Waals surface area contributed by atoms with Gasteiger partial charge in [0.1, 0.15) is 6.04 Å². The van der Waals surface area contributed by atoms with Crippen LogP contribution in [0, 0.1) is 11.8 Å². The summed E-state index contributed by atoms with van der Waals surface area (Å²) >= 11 is 0. The van der Waals surface area contributed by atoms with Crippen LogP contribution in [0.15, 0.2) is 48.5 Å². The van der Waals surface area contributed by atoms with E-state index in [1.54, 1.807) is 48.5 Å². The van der Waals surface area contributed by atoms with E-state index in [0.29, 0.717) is 27.4 Å². The summed E-state index contributed by atoms with van der Waals surface area (Å²) in [5.41, 5.74) is 7.04. The molecule has 0 unspecified atom stereocenters. The number of nitrogens with one attached hydrogen (secondary N) is 1. The first-order valence-corrected chi connectivity index (χ1v) is 9.83. The van der Waals surface area contributed by atoms with Crippen LogP contribution in [0.4, 0.5) is 0 Å². The molecule has 9 nitrogen and oxygen atoms in total. The number of para-hydroxylation sites is 2. The zero-order valence-corrected chi connectivity index (χ0v) is 17.8. The number of aromatic nitrogens is 1. The fourth-order valence-electron chi connectivity index (χ4n) is 3.73. The molecule has 2 aromatic carbocycles. The Balaban J connectivity index is 2.06. The minimum Gasteiger partial charge on any atom is -0.468 e. The summed E-state index contributed by atoms with van der Waals surface area (Å²) < 4.78 is 9.36. The standard InChI is InChI=1S/C23H23N3O6/c1-12(17(22(29)31-2)23(30)32-3)19(20(24)27)26-21(28)18-13-8-4-6-10-15(13)25-16-11-7-5-9-14(16)18/h4-12,17,19H,1-3H3,(H2,24,27)(H,26,28)/t12-,19-/m0/s1. The zero-order valence-electron chi connectivity index (χ0n) is 17.8. The van der Waals surface area contributed by atoms with Crippen molar-refractivity contribution in [3.05, 3.63) is 54.1 Å². The highest BCUT2D eigenvalue weighted by Gasteiger charge is 2.41. The lowest BCUT2D eigenvalue weighted by molar-refractivity contribution is -0.161. The summed E-state index contributed by atoms with van der Waals surface area (Å²) in [6, 6.07) is 12.8. The number of hydrogen-bond donors (Lipinski definition) is 2. The van der Waals surface area contributed by atoms with Gasteiger partial charge >= 0.3 is 11.9 Å². The van der Waals surface area contributed by atoms with Crippen molar-refractivity contribution in [1.29, 1.82) is 0 Å². The van der Waals surface area contributed by atoms with E-state index in [4.69, 9.17) is 5.73 Å². The van der Waals surface area contributed by atoms with Gasteiger partial charge in [0.25, 0.3) is 5.91 Å². The van der Waals surface area contributed by atoms with E-state index < -0.39 is 41.6 Å². The molecule has 1 aromatic heterocycles. The van der Waals surface area contributed by atoms with Crippen LogP contribution >= 0.6 is 0 Å². The SMILES string of the molecule is COC(=O)C(C(=O)OC)[C@H](C)[C@H](NC(=O)c1c2ccccc2nc2ccccc12)C(N)=O. The third-order valence-electron chi connectivity index (χ3n) is 5.37. The number of fused-ring (bicyclic) bond motifs is 2. The van der Waals surface area contributed by atoms with Gasteiger partial charge in [-0.2, -0.15) is 0 Å². The molecule has 0 spiro atoms. The van der Waals surface area contributed by atoms with E-state index in [-0.39, 0.29) is 0 Å². The van der Waals surface area contributed by atoms with Crippen LogP contribution in [0.3, 0.4) is 0 Å². The van der Waals surface area contributed by atoms with Gasteiger partial charge in [-0.25, -0.2) is 4.98 Å². The summed E-state index contributed by atoms with van der Waals surface area (Å²) in [5, 5.41) is 3.76. The normalized spacial score (nSPS) is 12.9. The Morgan fingerprint density at radius 2 is 1.34 bits per heavy atom. The second kappa shape index (κ2) is 9.42. The molecule has 0 saturated carbocycles. The van der Waals surface area contributed by atoms with Crippen molar-refractivity contribution in [2.45, 2.75) is 13.0 Å². The van der Waals surface area contributed by atoms with Crippen molar-refractivity contribution in [1.82, 2.24) is 10.3 Å². The maximum absolute atomic E-state index is 13.4. The number of carbonyl (C=O) groups excluding carboxylic acids is 4. The highest BCUT2D eigenvalue weighted by molar-refractivity contribution is 6.16. The van der Waals surface area contributed by atoms with E-state index in [0.717, 1.165) is 14.2 Å². The van der Waals surface area contributed by atoms with Gasteiger partial charge in [-0.05, 0) is 12.1 Å². The Hall–Kier alpha value is -4.01. The zero-order chi connectivity index (χ0) is 23.4. The molecule has 32 heavy (non-hydrogen) atoms. The summed E-state index contributed by atoms with van der Waals surface area (Å²) in [7, 11) is 2.22. The number of nitrogens with zero attached hydrogens (tertiary/aromatic N) is 1. The molecule has 3 N–H and O–H groups in total. The number of esters is 2. The number of pyridine rings is 1. The molecule has 0 aliphatic rings. The van der Waals surface area contributed by atoms with Crippen molar-refractivity contribution >= 4 is 45.6 Å². The van der Waals surface area contributed by atoms with E-state index >= 15 is 0 Å². The highest BCUT2D eigenvalue weighted by atomic mass is 16.5. The predicted octanol–water partition coefficient (Wildman–Crippen LogP) is 1.57. The van der Waals surface area contributed by atoms with Crippen LogP contribution in [0.25, 0.3) is 21.8 Å². The van der Waals surface area contributed by atoms with E-state index in [1.807, 2.05) is 0 Å². The fourth-order valence-corrected chi connectivity index (χ4v) is 3.73. The first-order valence-electron chi connectivity index (χ1n) is 9.83. The molecule has 3 aromatic rings. The Bertz CT molecular complexity index is 1140. The van der Waals surface area contributed by atoms with Crippen molar-refractivity contribution in [3.63, 3.8) is 0 Å². The number of amides is 2. The molecule has 3 rings (SSSR count). The number of benzene rings is 2. The average Bonchev–Trinajstić information content (AvgIpc) is 2.80. The molecule has 2 amide bonds. The van der Waals surface area contributed by atoms with Crippen LogP contribution in [0.5, 0.6) is 0 Å². The van der Waals surface area contributed by atoms with Crippen molar-refractivity contribution in [2.24, 2.45) is 17.6 Å². The Morgan fingerprint density at radius 1 is 0.875 bits per heavy atom. The van der Waals surface area contributed by atoms with Gasteiger partial charge in [0.15, 0.2) is 5.92 Å². The van der Waals surface area contributed by atoms with Gasteiger partial charge < -0.3 is 20.5 Å². The van der Waals surface area contributed by atoms with Crippen LogP contribution in [-0.2, 0) is 23.9 Å². The maximum atomic E-state index is 13.4. The largest absolute Gasteiger partial charge is 0.468 e. The molecular weight excluding hydrogens is 414 g/mol. The topological polar surface area (TPSA) is 138 Å². The maximum Gasteiger partial charge on any atom is 0.320 e. The molecule has 0 aliphatic carbocycles. The predicted molar refractivity (Wildman–Crippen MR) is 116 cm³/mol. The summed E-state index contributed by atoms with van der Waals surface area (Å²) in [6.45, 7) is 1.44. The third kappa shape index (κ3) is 4.22. The number of nitrogens with two attached hydrogens (primary N) is 1. The van der Waals surface area contributed by atoms with Crippen LogP contribution < -0.4 is 11.1 Å². The smallest absolute Gasteiger partial charge is 0.320 e. The summed E-state index contributed by atoms with van der Waals surface area (Å²) in [5.74, 6) is -5.78. The number of rotatable bonds is 7. The first kappa shape index (κ1) is 22.7. The second-order valence-corrected chi connectivity index (χ2v) is 7.26. The van der Waals surface area contributed by atoms with Crippen LogP contribution in [0.1, 0.15) is 17.3 Å². The lowest BCUT2D eigenvalue weighted by Crippen LogP contribution is -2.53.